The molecule has 2 aromatic carbocycles. The van der Waals surface area contributed by atoms with E-state index in [9.17, 15) is 14.4 Å². The third-order valence-electron chi connectivity index (χ3n) is 8.63. The van der Waals surface area contributed by atoms with Crippen molar-refractivity contribution in [2.45, 2.75) is 56.9 Å². The molecule has 3 heterocycles. The van der Waals surface area contributed by atoms with Crippen LogP contribution in [0.5, 0.6) is 17.4 Å². The fraction of sp³-hybridized carbons (Fsp3) is 0.429. The Bertz CT molecular complexity index is 1580. The van der Waals surface area contributed by atoms with Crippen LogP contribution in [0.1, 0.15) is 37.7 Å². The molecular formula is C35H41N5O8. The van der Waals surface area contributed by atoms with Gasteiger partial charge in [-0.05, 0) is 55.9 Å². The molecule has 6 rings (SSSR count). The Kier molecular flexibility index (Phi) is 10.8. The molecule has 1 saturated carbocycles. The highest BCUT2D eigenvalue weighted by atomic mass is 16.6. The maximum absolute atomic E-state index is 13.0. The molecule has 4 amide bonds. The van der Waals surface area contributed by atoms with Crippen LogP contribution in [0, 0.1) is 5.92 Å². The lowest BCUT2D eigenvalue weighted by molar-refractivity contribution is -0.128. The van der Waals surface area contributed by atoms with E-state index in [1.807, 2.05) is 48.5 Å². The molecule has 48 heavy (non-hydrogen) atoms. The summed E-state index contributed by atoms with van der Waals surface area (Å²) in [4.78, 5) is 42.6. The molecule has 4 N–H and O–H groups in total. The average molecular weight is 660 g/mol. The molecule has 0 spiro atoms. The van der Waals surface area contributed by atoms with E-state index >= 15 is 0 Å². The molecule has 0 radical (unpaired) electrons. The Hall–Kier alpha value is -5.04. The maximum atomic E-state index is 13.0. The molecule has 1 aromatic heterocycles. The predicted molar refractivity (Wildman–Crippen MR) is 176 cm³/mol. The lowest BCUT2D eigenvalue weighted by Gasteiger charge is -2.29. The van der Waals surface area contributed by atoms with Crippen molar-refractivity contribution in [2.24, 2.45) is 5.92 Å². The number of nitrogens with one attached hydrogen (secondary N) is 4. The largest absolute Gasteiger partial charge is 0.486 e. The number of hydrogen-bond donors (Lipinski definition) is 4. The highest BCUT2D eigenvalue weighted by Gasteiger charge is 2.29. The molecule has 0 bridgehead atoms. The summed E-state index contributed by atoms with van der Waals surface area (Å²) >= 11 is 0. The Morgan fingerprint density at radius 1 is 0.938 bits per heavy atom. The topological polar surface area (TPSA) is 158 Å². The van der Waals surface area contributed by atoms with Crippen molar-refractivity contribution in [1.82, 2.24) is 20.9 Å². The number of fused-ring (bicyclic) bond motifs is 1. The number of urea groups is 1. The minimum atomic E-state index is -0.478. The van der Waals surface area contributed by atoms with Gasteiger partial charge in [-0.3, -0.25) is 4.79 Å². The summed E-state index contributed by atoms with van der Waals surface area (Å²) in [7, 11) is 1.50. The number of benzene rings is 2. The van der Waals surface area contributed by atoms with E-state index in [2.05, 4.69) is 26.3 Å². The van der Waals surface area contributed by atoms with Gasteiger partial charge in [-0.25, -0.2) is 14.6 Å². The number of anilines is 1. The van der Waals surface area contributed by atoms with Crippen LogP contribution in [0.15, 0.2) is 60.7 Å². The first-order valence-corrected chi connectivity index (χ1v) is 16.3. The lowest BCUT2D eigenvalue weighted by Crippen LogP contribution is -2.43. The fourth-order valence-electron chi connectivity index (χ4n) is 6.10. The van der Waals surface area contributed by atoms with E-state index in [4.69, 9.17) is 23.7 Å². The number of nitrogens with zero attached hydrogens (tertiary/aromatic N) is 1. The van der Waals surface area contributed by atoms with Gasteiger partial charge in [0.2, 0.25) is 11.8 Å². The van der Waals surface area contributed by atoms with Crippen LogP contribution < -0.4 is 35.5 Å². The minimum Gasteiger partial charge on any atom is -0.486 e. The number of carbonyl (C=O) groups excluding carboxylic acids is 3. The first-order valence-electron chi connectivity index (χ1n) is 16.3. The van der Waals surface area contributed by atoms with E-state index in [0.717, 1.165) is 12.0 Å². The summed E-state index contributed by atoms with van der Waals surface area (Å²) in [6.07, 6.45) is 2.57. The van der Waals surface area contributed by atoms with Gasteiger partial charge in [-0.2, -0.15) is 0 Å². The third kappa shape index (κ3) is 8.65. The molecule has 254 valence electrons. The molecule has 13 heteroatoms. The first-order chi connectivity index (χ1) is 23.4. The van der Waals surface area contributed by atoms with Crippen LogP contribution in [0.2, 0.25) is 0 Å². The van der Waals surface area contributed by atoms with Gasteiger partial charge in [0.05, 0.1) is 19.3 Å². The van der Waals surface area contributed by atoms with Crippen LogP contribution in [-0.4, -0.2) is 74.7 Å². The number of para-hydroxylation sites is 1. The summed E-state index contributed by atoms with van der Waals surface area (Å²) in [5.74, 6) is 1.30. The van der Waals surface area contributed by atoms with E-state index in [0.29, 0.717) is 79.8 Å². The summed E-state index contributed by atoms with van der Waals surface area (Å²) in [5.41, 5.74) is 2.55. The smallest absolute Gasteiger partial charge is 0.407 e. The third-order valence-corrected chi connectivity index (χ3v) is 8.63. The van der Waals surface area contributed by atoms with Gasteiger partial charge < -0.3 is 45.0 Å². The number of rotatable bonds is 10. The highest BCUT2D eigenvalue weighted by Crippen LogP contribution is 2.41. The Balaban J connectivity index is 1.04. The van der Waals surface area contributed by atoms with Crippen molar-refractivity contribution in [2.75, 3.05) is 38.8 Å². The number of amides is 4. The standard InChI is InChI=1S/C35H41N5O8/c1-44-31-18-26(38-34(42)37-24-10-11-25(16-24)39-35(43)47-20-22-6-3-2-4-7-22)17-29(40-31)28-8-5-9-30-32(28)48-27(21-46-30)19-36-33(41)23-12-14-45-15-13-23/h2-9,17-18,23-25,27H,10-16,19-21H2,1H3,(H,36,41)(H,39,43)(H2,37,38,40,42)/t24-,25+,27?/m1/s1. The number of hydrogen-bond acceptors (Lipinski definition) is 9. The van der Waals surface area contributed by atoms with Crippen molar-refractivity contribution in [1.29, 1.82) is 0 Å². The molecule has 2 aliphatic heterocycles. The highest BCUT2D eigenvalue weighted by molar-refractivity contribution is 5.90. The molecule has 1 saturated heterocycles. The van der Waals surface area contributed by atoms with Gasteiger partial charge >= 0.3 is 12.1 Å². The lowest BCUT2D eigenvalue weighted by atomic mass is 9.99. The van der Waals surface area contributed by atoms with E-state index in [1.165, 1.54) is 7.11 Å². The monoisotopic (exact) mass is 659 g/mol. The first kappa shape index (κ1) is 32.9. The summed E-state index contributed by atoms with van der Waals surface area (Å²) < 4.78 is 28.5. The number of methoxy groups -OCH3 is 1. The zero-order chi connectivity index (χ0) is 33.3. The second kappa shape index (κ2) is 15.7. The molecule has 1 aliphatic carbocycles. The van der Waals surface area contributed by atoms with Crippen LogP contribution in [0.25, 0.3) is 11.3 Å². The zero-order valence-electron chi connectivity index (χ0n) is 26.9. The van der Waals surface area contributed by atoms with Crippen molar-refractivity contribution in [3.05, 3.63) is 66.2 Å². The number of alkyl carbamates (subject to hydrolysis) is 1. The van der Waals surface area contributed by atoms with Crippen LogP contribution in [0.4, 0.5) is 15.3 Å². The number of pyridine rings is 1. The Labute approximate surface area is 279 Å². The molecule has 2 fully saturated rings. The Morgan fingerprint density at radius 3 is 2.52 bits per heavy atom. The summed E-state index contributed by atoms with van der Waals surface area (Å²) in [5, 5.41) is 11.8. The van der Waals surface area contributed by atoms with E-state index in [-0.39, 0.29) is 43.2 Å². The SMILES string of the molecule is COc1cc(NC(=O)N[C@@H]2CC[C@H](NC(=O)OCc3ccccc3)C2)cc(-c2cccc3c2OC(CNC(=O)C2CCOCC2)CO3)n1. The van der Waals surface area contributed by atoms with Crippen LogP contribution in [-0.2, 0) is 20.9 Å². The second-order valence-corrected chi connectivity index (χ2v) is 12.1. The van der Waals surface area contributed by atoms with Crippen molar-refractivity contribution in [3.8, 4) is 28.6 Å². The van der Waals surface area contributed by atoms with Crippen LogP contribution in [0.3, 0.4) is 0 Å². The average Bonchev–Trinajstić information content (AvgIpc) is 3.55. The number of carbonyl (C=O) groups is 3. The van der Waals surface area contributed by atoms with Crippen LogP contribution >= 0.6 is 0 Å². The van der Waals surface area contributed by atoms with Crippen molar-refractivity contribution in [3.63, 3.8) is 0 Å². The van der Waals surface area contributed by atoms with Gasteiger partial charge in [0, 0.05) is 48.5 Å². The molecule has 3 atom stereocenters. The zero-order valence-corrected chi connectivity index (χ0v) is 26.9. The molecule has 3 aliphatic rings. The normalized spacial score (nSPS) is 20.3. The van der Waals surface area contributed by atoms with Gasteiger partial charge in [-0.15, -0.1) is 0 Å². The van der Waals surface area contributed by atoms with E-state index < -0.39 is 12.2 Å². The summed E-state index contributed by atoms with van der Waals surface area (Å²) in [6, 6.07) is 17.8. The van der Waals surface area contributed by atoms with Gasteiger partial charge in [0.25, 0.3) is 0 Å². The van der Waals surface area contributed by atoms with E-state index in [1.54, 1.807) is 12.1 Å². The maximum Gasteiger partial charge on any atom is 0.407 e. The minimum absolute atomic E-state index is 0.00448. The molecular weight excluding hydrogens is 618 g/mol. The number of aromatic nitrogens is 1. The fourth-order valence-corrected chi connectivity index (χ4v) is 6.10. The quantitative estimate of drug-likeness (QED) is 0.247. The molecule has 1 unspecified atom stereocenters. The molecule has 3 aromatic rings. The molecule has 13 nitrogen and oxygen atoms in total. The second-order valence-electron chi connectivity index (χ2n) is 12.1. The van der Waals surface area contributed by atoms with Crippen molar-refractivity contribution >= 4 is 23.7 Å². The predicted octanol–water partition coefficient (Wildman–Crippen LogP) is 4.41. The number of ether oxygens (including phenoxy) is 5. The van der Waals surface area contributed by atoms with Crippen molar-refractivity contribution < 1.29 is 38.1 Å². The van der Waals surface area contributed by atoms with Gasteiger partial charge in [0.15, 0.2) is 11.5 Å². The van der Waals surface area contributed by atoms with Gasteiger partial charge in [-0.1, -0.05) is 36.4 Å². The Morgan fingerprint density at radius 2 is 1.73 bits per heavy atom. The summed E-state index contributed by atoms with van der Waals surface area (Å²) in [6.45, 7) is 1.97. The van der Waals surface area contributed by atoms with Gasteiger partial charge in [0.1, 0.15) is 19.3 Å².